The number of carbonyl (C=O) groups is 1. The third-order valence-corrected chi connectivity index (χ3v) is 6.10. The van der Waals surface area contributed by atoms with Crippen LogP contribution in [-0.2, 0) is 0 Å². The summed E-state index contributed by atoms with van der Waals surface area (Å²) < 4.78 is 14.0. The van der Waals surface area contributed by atoms with Gasteiger partial charge in [-0.1, -0.05) is 12.1 Å². The highest BCUT2D eigenvalue weighted by Gasteiger charge is 2.17. The van der Waals surface area contributed by atoms with Crippen LogP contribution in [0.3, 0.4) is 0 Å². The van der Waals surface area contributed by atoms with Crippen molar-refractivity contribution in [2.75, 3.05) is 18.0 Å². The van der Waals surface area contributed by atoms with Gasteiger partial charge in [-0.25, -0.2) is 9.37 Å². The fraction of sp³-hybridized carbons (Fsp3) is 0.238. The molecule has 0 aliphatic carbocycles. The van der Waals surface area contributed by atoms with Gasteiger partial charge < -0.3 is 10.0 Å². The first kappa shape index (κ1) is 17.7. The number of anilines is 1. The Morgan fingerprint density at radius 2 is 1.96 bits per heavy atom. The highest BCUT2D eigenvalue weighted by Crippen LogP contribution is 2.38. The first-order valence-electron chi connectivity index (χ1n) is 8.87. The molecule has 0 spiro atoms. The molecule has 6 heteroatoms. The zero-order valence-corrected chi connectivity index (χ0v) is 15.7. The molecule has 0 atom stereocenters. The van der Waals surface area contributed by atoms with Crippen molar-refractivity contribution in [3.05, 3.63) is 53.5 Å². The zero-order chi connectivity index (χ0) is 19.0. The van der Waals surface area contributed by atoms with Gasteiger partial charge in [-0.05, 0) is 49.6 Å². The van der Waals surface area contributed by atoms with E-state index in [4.69, 9.17) is 0 Å². The largest absolute Gasteiger partial charge is 0.504 e. The average molecular weight is 382 g/mol. The fourth-order valence-corrected chi connectivity index (χ4v) is 4.49. The smallest absolute Gasteiger partial charge is 0.166 e. The average Bonchev–Trinajstić information content (AvgIpc) is 3.34. The molecule has 138 valence electrons. The predicted octanol–water partition coefficient (Wildman–Crippen LogP) is 5.04. The first-order valence-corrected chi connectivity index (χ1v) is 9.69. The summed E-state index contributed by atoms with van der Waals surface area (Å²) in [5, 5.41) is 10.5. The van der Waals surface area contributed by atoms with Crippen molar-refractivity contribution in [3.63, 3.8) is 0 Å². The molecule has 1 aliphatic heterocycles. The summed E-state index contributed by atoms with van der Waals surface area (Å²) >= 11 is 1.46. The minimum absolute atomic E-state index is 0.0598. The van der Waals surface area contributed by atoms with Crippen LogP contribution in [0.4, 0.5) is 10.1 Å². The quantitative estimate of drug-likeness (QED) is 0.642. The van der Waals surface area contributed by atoms with Gasteiger partial charge in [0.25, 0.3) is 0 Å². The van der Waals surface area contributed by atoms with Crippen LogP contribution in [0.2, 0.25) is 0 Å². The summed E-state index contributed by atoms with van der Waals surface area (Å²) in [7, 11) is 0. The SMILES string of the molecule is Cc1nc(-c2cccc(N3CCCC3)c2)sc1-c1cc(F)c(O)c(C=O)c1. The predicted molar refractivity (Wildman–Crippen MR) is 106 cm³/mol. The van der Waals surface area contributed by atoms with E-state index in [-0.39, 0.29) is 5.56 Å². The second-order valence-electron chi connectivity index (χ2n) is 6.69. The maximum absolute atomic E-state index is 14.0. The highest BCUT2D eigenvalue weighted by atomic mass is 32.1. The number of aromatic hydroxyl groups is 1. The number of halogens is 1. The molecule has 27 heavy (non-hydrogen) atoms. The molecular weight excluding hydrogens is 363 g/mol. The Bertz CT molecular complexity index is 1010. The van der Waals surface area contributed by atoms with Crippen molar-refractivity contribution >= 4 is 23.3 Å². The molecular formula is C21H19FN2O2S. The van der Waals surface area contributed by atoms with Crippen LogP contribution in [0.15, 0.2) is 36.4 Å². The Labute approximate surface area is 160 Å². The van der Waals surface area contributed by atoms with Crippen molar-refractivity contribution in [2.45, 2.75) is 19.8 Å². The van der Waals surface area contributed by atoms with E-state index in [1.54, 1.807) is 0 Å². The molecule has 1 aliphatic rings. The normalized spacial score (nSPS) is 13.9. The van der Waals surface area contributed by atoms with Gasteiger partial charge in [0.2, 0.25) is 0 Å². The van der Waals surface area contributed by atoms with Crippen LogP contribution in [0.1, 0.15) is 28.9 Å². The molecule has 0 bridgehead atoms. The number of hydrogen-bond donors (Lipinski definition) is 1. The van der Waals surface area contributed by atoms with E-state index in [0.29, 0.717) is 11.8 Å². The Hall–Kier alpha value is -2.73. The number of carbonyl (C=O) groups excluding carboxylic acids is 1. The van der Waals surface area contributed by atoms with Gasteiger partial charge in [0.1, 0.15) is 5.01 Å². The van der Waals surface area contributed by atoms with E-state index in [1.165, 1.54) is 42.0 Å². The van der Waals surface area contributed by atoms with Crippen LogP contribution in [0.25, 0.3) is 21.0 Å². The van der Waals surface area contributed by atoms with Crippen LogP contribution in [-0.4, -0.2) is 29.5 Å². The third kappa shape index (κ3) is 3.32. The van der Waals surface area contributed by atoms with Gasteiger partial charge in [0.05, 0.1) is 16.1 Å². The summed E-state index contributed by atoms with van der Waals surface area (Å²) in [5.74, 6) is -1.42. The Kier molecular flexibility index (Phi) is 4.66. The van der Waals surface area contributed by atoms with E-state index in [1.807, 2.05) is 19.1 Å². The Balaban J connectivity index is 1.73. The number of rotatable bonds is 4. The number of aromatic nitrogens is 1. The lowest BCUT2D eigenvalue weighted by Crippen LogP contribution is -2.17. The fourth-order valence-electron chi connectivity index (χ4n) is 3.44. The topological polar surface area (TPSA) is 53.4 Å². The molecule has 4 nitrogen and oxygen atoms in total. The summed E-state index contributed by atoms with van der Waals surface area (Å²) in [6, 6.07) is 11.0. The molecule has 1 fully saturated rings. The molecule has 0 amide bonds. The molecule has 2 heterocycles. The molecule has 1 aromatic heterocycles. The molecule has 0 radical (unpaired) electrons. The second kappa shape index (κ2) is 7.12. The highest BCUT2D eigenvalue weighted by molar-refractivity contribution is 7.18. The standard InChI is InChI=1S/C21H19FN2O2S/c1-13-20(15-9-16(12-25)19(26)18(22)11-15)27-21(23-13)14-5-4-6-17(10-14)24-7-2-3-8-24/h4-6,9-12,26H,2-3,7-8H2,1H3. The van der Waals surface area contributed by atoms with Crippen LogP contribution < -0.4 is 4.90 Å². The maximum Gasteiger partial charge on any atom is 0.166 e. The third-order valence-electron chi connectivity index (χ3n) is 4.84. The lowest BCUT2D eigenvalue weighted by molar-refractivity contribution is 0.112. The summed E-state index contributed by atoms with van der Waals surface area (Å²) in [6.07, 6.45) is 2.89. The van der Waals surface area contributed by atoms with Gasteiger partial charge in [-0.3, -0.25) is 4.79 Å². The lowest BCUT2D eigenvalue weighted by atomic mass is 10.1. The van der Waals surface area contributed by atoms with Gasteiger partial charge in [0, 0.05) is 24.3 Å². The van der Waals surface area contributed by atoms with Crippen LogP contribution in [0, 0.1) is 12.7 Å². The van der Waals surface area contributed by atoms with Crippen molar-refractivity contribution in [2.24, 2.45) is 0 Å². The Morgan fingerprint density at radius 1 is 1.19 bits per heavy atom. The van der Waals surface area contributed by atoms with Crippen LogP contribution in [0.5, 0.6) is 5.75 Å². The number of phenolic OH excluding ortho intramolecular Hbond substituents is 1. The van der Waals surface area contributed by atoms with E-state index in [0.717, 1.165) is 34.2 Å². The molecule has 0 unspecified atom stereocenters. The van der Waals surface area contributed by atoms with Crippen molar-refractivity contribution in [3.8, 4) is 26.8 Å². The van der Waals surface area contributed by atoms with E-state index >= 15 is 0 Å². The monoisotopic (exact) mass is 382 g/mol. The van der Waals surface area contributed by atoms with Crippen molar-refractivity contribution < 1.29 is 14.3 Å². The minimum Gasteiger partial charge on any atom is -0.504 e. The second-order valence-corrected chi connectivity index (χ2v) is 7.69. The number of benzene rings is 2. The Morgan fingerprint density at radius 3 is 2.70 bits per heavy atom. The summed E-state index contributed by atoms with van der Waals surface area (Å²) in [5.41, 5.74) is 3.47. The number of thiazole rings is 1. The minimum atomic E-state index is -0.806. The first-order chi connectivity index (χ1) is 13.1. The number of hydrogen-bond acceptors (Lipinski definition) is 5. The molecule has 3 aromatic rings. The van der Waals surface area contributed by atoms with E-state index in [2.05, 4.69) is 22.0 Å². The lowest BCUT2D eigenvalue weighted by Gasteiger charge is -2.17. The maximum atomic E-state index is 14.0. The number of phenols is 1. The molecule has 1 saturated heterocycles. The van der Waals surface area contributed by atoms with E-state index < -0.39 is 11.6 Å². The van der Waals surface area contributed by atoms with Crippen molar-refractivity contribution in [1.29, 1.82) is 0 Å². The van der Waals surface area contributed by atoms with Gasteiger partial charge in [-0.15, -0.1) is 11.3 Å². The summed E-state index contributed by atoms with van der Waals surface area (Å²) in [4.78, 5) is 18.9. The van der Waals surface area contributed by atoms with Crippen molar-refractivity contribution in [1.82, 2.24) is 4.98 Å². The number of nitrogens with zero attached hydrogens (tertiary/aromatic N) is 2. The van der Waals surface area contributed by atoms with Gasteiger partial charge in [-0.2, -0.15) is 0 Å². The number of aryl methyl sites for hydroxylation is 1. The molecule has 1 N–H and O–H groups in total. The molecule has 0 saturated carbocycles. The molecule has 2 aromatic carbocycles. The van der Waals surface area contributed by atoms with Crippen LogP contribution >= 0.6 is 11.3 Å². The van der Waals surface area contributed by atoms with Gasteiger partial charge >= 0.3 is 0 Å². The summed E-state index contributed by atoms with van der Waals surface area (Å²) in [6.45, 7) is 4.02. The van der Waals surface area contributed by atoms with Gasteiger partial charge in [0.15, 0.2) is 17.9 Å². The van der Waals surface area contributed by atoms with E-state index in [9.17, 15) is 14.3 Å². The molecule has 4 rings (SSSR count). The zero-order valence-electron chi connectivity index (χ0n) is 14.9. The number of aldehydes is 1.